The van der Waals surface area contributed by atoms with E-state index in [1.165, 1.54) is 12.1 Å². The van der Waals surface area contributed by atoms with E-state index in [0.29, 0.717) is 11.5 Å². The van der Waals surface area contributed by atoms with Gasteiger partial charge in [-0.3, -0.25) is 0 Å². The van der Waals surface area contributed by atoms with Gasteiger partial charge in [0.05, 0.1) is 5.56 Å². The average Bonchev–Trinajstić information content (AvgIpc) is 2.48. The third kappa shape index (κ3) is 4.26. The first-order chi connectivity index (χ1) is 9.52. The van der Waals surface area contributed by atoms with E-state index < -0.39 is 11.7 Å². The zero-order valence-corrected chi connectivity index (χ0v) is 12.6. The Labute approximate surface area is 120 Å². The maximum Gasteiger partial charge on any atom is 0.416 e. The fourth-order valence-corrected chi connectivity index (χ4v) is 2.99. The van der Waals surface area contributed by atoms with E-state index >= 15 is 0 Å². The Morgan fingerprint density at radius 2 is 1.55 bits per heavy atom. The predicted molar refractivity (Wildman–Crippen MR) is 77.8 cm³/mol. The first-order valence-electron chi connectivity index (χ1n) is 7.68. The molecule has 0 aromatic heterocycles. The fourth-order valence-electron chi connectivity index (χ4n) is 2.99. The van der Waals surface area contributed by atoms with Gasteiger partial charge in [0.15, 0.2) is 0 Å². The van der Waals surface area contributed by atoms with E-state index in [-0.39, 0.29) is 5.92 Å². The lowest BCUT2D eigenvalue weighted by Crippen LogP contribution is -2.17. The summed E-state index contributed by atoms with van der Waals surface area (Å²) >= 11 is 0. The molecule has 0 bridgehead atoms. The van der Waals surface area contributed by atoms with Crippen molar-refractivity contribution in [3.8, 4) is 0 Å². The first-order valence-corrected chi connectivity index (χ1v) is 7.68. The molecule has 1 saturated carbocycles. The quantitative estimate of drug-likeness (QED) is 0.588. The number of alkyl halides is 3. The van der Waals surface area contributed by atoms with Crippen molar-refractivity contribution in [3.05, 3.63) is 35.4 Å². The number of rotatable bonds is 2. The van der Waals surface area contributed by atoms with Crippen molar-refractivity contribution in [1.82, 2.24) is 0 Å². The highest BCUT2D eigenvalue weighted by Gasteiger charge is 2.35. The summed E-state index contributed by atoms with van der Waals surface area (Å²) < 4.78 is 38.8. The van der Waals surface area contributed by atoms with Gasteiger partial charge in [0.25, 0.3) is 0 Å². The Hall–Kier alpha value is -0.990. The van der Waals surface area contributed by atoms with Gasteiger partial charge in [-0.25, -0.2) is 0 Å². The summed E-state index contributed by atoms with van der Waals surface area (Å²) in [6.07, 6.45) is 0.837. The van der Waals surface area contributed by atoms with Crippen molar-refractivity contribution in [1.29, 1.82) is 0 Å². The lowest BCUT2D eigenvalue weighted by atomic mass is 9.76. The molecular weight excluding hydrogens is 261 g/mol. The van der Waals surface area contributed by atoms with Gasteiger partial charge < -0.3 is 0 Å². The largest absolute Gasteiger partial charge is 0.416 e. The fraction of sp³-hybridized carbons (Fsp3) is 0.647. The molecule has 0 nitrogen and oxygen atoms in total. The molecule has 1 aromatic rings. The molecule has 2 rings (SSSR count). The van der Waals surface area contributed by atoms with Crippen LogP contribution in [0.2, 0.25) is 0 Å². The van der Waals surface area contributed by atoms with E-state index in [0.717, 1.165) is 32.1 Å². The van der Waals surface area contributed by atoms with E-state index in [1.807, 2.05) is 13.8 Å². The van der Waals surface area contributed by atoms with Crippen LogP contribution >= 0.6 is 0 Å². The standard InChI is InChI=1S/C15H19F3.C2H6/c1-2-11-7-9-12(10-8-11)13-5-3-4-6-14(13)15(16,17)18;1-2/h3-6,11-12H,2,7-10H2,1H3;1-2H3. The van der Waals surface area contributed by atoms with Gasteiger partial charge in [0.1, 0.15) is 0 Å². The summed E-state index contributed by atoms with van der Waals surface area (Å²) in [5.41, 5.74) is 0.0597. The Bertz CT molecular complexity index is 387. The Kier molecular flexibility index (Phi) is 6.57. The van der Waals surface area contributed by atoms with Crippen LogP contribution in [0.3, 0.4) is 0 Å². The number of halogens is 3. The summed E-state index contributed by atoms with van der Waals surface area (Å²) in [4.78, 5) is 0. The maximum atomic E-state index is 12.9. The minimum atomic E-state index is -4.22. The van der Waals surface area contributed by atoms with Gasteiger partial charge in [-0.2, -0.15) is 13.2 Å². The van der Waals surface area contributed by atoms with Crippen LogP contribution in [0.5, 0.6) is 0 Å². The third-order valence-corrected chi connectivity index (χ3v) is 4.13. The van der Waals surface area contributed by atoms with Crippen LogP contribution in [-0.4, -0.2) is 0 Å². The van der Waals surface area contributed by atoms with E-state index in [9.17, 15) is 13.2 Å². The highest BCUT2D eigenvalue weighted by molar-refractivity contribution is 5.33. The summed E-state index contributed by atoms with van der Waals surface area (Å²) in [6, 6.07) is 6.06. The van der Waals surface area contributed by atoms with Crippen molar-refractivity contribution in [3.63, 3.8) is 0 Å². The van der Waals surface area contributed by atoms with Crippen LogP contribution < -0.4 is 0 Å². The SMILES string of the molecule is CC.CCC1CCC(c2ccccc2C(F)(F)F)CC1. The molecule has 0 saturated heterocycles. The Morgan fingerprint density at radius 1 is 1.00 bits per heavy atom. The Morgan fingerprint density at radius 3 is 2.05 bits per heavy atom. The van der Waals surface area contributed by atoms with Crippen molar-refractivity contribution >= 4 is 0 Å². The molecule has 1 fully saturated rings. The van der Waals surface area contributed by atoms with Crippen LogP contribution in [0.15, 0.2) is 24.3 Å². The smallest absolute Gasteiger partial charge is 0.166 e. The zero-order chi connectivity index (χ0) is 15.2. The summed E-state index contributed by atoms with van der Waals surface area (Å²) in [5, 5.41) is 0. The number of hydrogen-bond acceptors (Lipinski definition) is 0. The van der Waals surface area contributed by atoms with Crippen LogP contribution in [0.4, 0.5) is 13.2 Å². The molecule has 0 aliphatic heterocycles. The molecule has 1 aliphatic rings. The van der Waals surface area contributed by atoms with E-state index in [2.05, 4.69) is 6.92 Å². The normalized spacial score (nSPS) is 22.9. The molecule has 0 radical (unpaired) electrons. The molecule has 3 heteroatoms. The van der Waals surface area contributed by atoms with Crippen molar-refractivity contribution in [2.75, 3.05) is 0 Å². The second-order valence-electron chi connectivity index (χ2n) is 5.21. The third-order valence-electron chi connectivity index (χ3n) is 4.13. The molecule has 0 amide bonds. The molecule has 20 heavy (non-hydrogen) atoms. The van der Waals surface area contributed by atoms with E-state index in [1.54, 1.807) is 12.1 Å². The average molecular weight is 286 g/mol. The summed E-state index contributed by atoms with van der Waals surface area (Å²) in [5.74, 6) is 0.796. The van der Waals surface area contributed by atoms with Gasteiger partial charge in [0, 0.05) is 0 Å². The van der Waals surface area contributed by atoms with Crippen molar-refractivity contribution in [2.24, 2.45) is 5.92 Å². The second-order valence-corrected chi connectivity index (χ2v) is 5.21. The molecule has 0 spiro atoms. The molecule has 0 atom stereocenters. The van der Waals surface area contributed by atoms with Crippen LogP contribution in [-0.2, 0) is 6.18 Å². The molecule has 0 heterocycles. The number of hydrogen-bond donors (Lipinski definition) is 0. The molecular formula is C17H25F3. The van der Waals surface area contributed by atoms with Crippen molar-refractivity contribution in [2.45, 2.75) is 65.0 Å². The van der Waals surface area contributed by atoms with Crippen molar-refractivity contribution < 1.29 is 13.2 Å². The zero-order valence-electron chi connectivity index (χ0n) is 12.6. The monoisotopic (exact) mass is 286 g/mol. The Balaban J connectivity index is 0.000000956. The predicted octanol–water partition coefficient (Wildman–Crippen LogP) is 6.42. The van der Waals surface area contributed by atoms with Crippen LogP contribution in [0.25, 0.3) is 0 Å². The molecule has 0 N–H and O–H groups in total. The van der Waals surface area contributed by atoms with Gasteiger partial charge in [-0.1, -0.05) is 45.4 Å². The summed E-state index contributed by atoms with van der Waals surface area (Å²) in [6.45, 7) is 6.16. The lowest BCUT2D eigenvalue weighted by Gasteiger charge is -2.29. The van der Waals surface area contributed by atoms with Gasteiger partial charge in [-0.15, -0.1) is 0 Å². The lowest BCUT2D eigenvalue weighted by molar-refractivity contribution is -0.138. The maximum absolute atomic E-state index is 12.9. The van der Waals surface area contributed by atoms with Gasteiger partial charge in [-0.05, 0) is 49.1 Å². The molecule has 114 valence electrons. The summed E-state index contributed by atoms with van der Waals surface area (Å²) in [7, 11) is 0. The second kappa shape index (κ2) is 7.70. The molecule has 0 unspecified atom stereocenters. The minimum Gasteiger partial charge on any atom is -0.166 e. The van der Waals surface area contributed by atoms with Crippen LogP contribution in [0.1, 0.15) is 69.9 Å². The number of benzene rings is 1. The van der Waals surface area contributed by atoms with Gasteiger partial charge in [0.2, 0.25) is 0 Å². The molecule has 1 aliphatic carbocycles. The van der Waals surface area contributed by atoms with Crippen LogP contribution in [0, 0.1) is 5.92 Å². The highest BCUT2D eigenvalue weighted by atomic mass is 19.4. The topological polar surface area (TPSA) is 0 Å². The molecule has 1 aromatic carbocycles. The minimum absolute atomic E-state index is 0.0885. The van der Waals surface area contributed by atoms with E-state index in [4.69, 9.17) is 0 Å². The van der Waals surface area contributed by atoms with Gasteiger partial charge >= 0.3 is 6.18 Å². The highest BCUT2D eigenvalue weighted by Crippen LogP contribution is 2.42. The first kappa shape index (κ1) is 17.1.